The number of nitro groups is 1. The zero-order valence-electron chi connectivity index (χ0n) is 20.0. The normalized spacial score (nSPS) is 12.3. The molecule has 0 fully saturated rings. The average Bonchev–Trinajstić information content (AvgIpc) is 2.85. The maximum Gasteiger partial charge on any atom is 0.408 e. The van der Waals surface area contributed by atoms with Crippen LogP contribution in [0.1, 0.15) is 25.0 Å². The van der Waals surface area contributed by atoms with E-state index in [0.29, 0.717) is 11.3 Å². The Balaban J connectivity index is 2.14. The first-order chi connectivity index (χ1) is 16.7. The predicted molar refractivity (Wildman–Crippen MR) is 126 cm³/mol. The minimum Gasteiger partial charge on any atom is -0.496 e. The van der Waals surface area contributed by atoms with Crippen molar-refractivity contribution in [2.45, 2.75) is 39.0 Å². The van der Waals surface area contributed by atoms with Crippen molar-refractivity contribution < 1.29 is 33.5 Å². The Morgan fingerprint density at radius 3 is 2.29 bits per heavy atom. The zero-order chi connectivity index (χ0) is 26.0. The lowest BCUT2D eigenvalue weighted by Gasteiger charge is -2.24. The minimum atomic E-state index is -1.19. The second-order valence-corrected chi connectivity index (χ2v) is 7.97. The predicted octanol–water partition coefficient (Wildman–Crippen LogP) is 2.75. The summed E-state index contributed by atoms with van der Waals surface area (Å²) < 4.78 is 15.2. The minimum absolute atomic E-state index is 0.0243. The van der Waals surface area contributed by atoms with E-state index in [0.717, 1.165) is 12.7 Å². The Morgan fingerprint density at radius 2 is 1.71 bits per heavy atom. The van der Waals surface area contributed by atoms with Crippen LogP contribution < -0.4 is 15.4 Å². The first-order valence-electron chi connectivity index (χ1n) is 10.8. The molecular formula is C24H29N3O8. The van der Waals surface area contributed by atoms with Crippen LogP contribution in [0.4, 0.5) is 10.5 Å². The van der Waals surface area contributed by atoms with Crippen LogP contribution in [0.2, 0.25) is 0 Å². The molecule has 0 radical (unpaired) electrons. The highest BCUT2D eigenvalue weighted by molar-refractivity contribution is 5.90. The fraction of sp³-hybridized carbons (Fsp3) is 0.375. The lowest BCUT2D eigenvalue weighted by atomic mass is 10.0. The van der Waals surface area contributed by atoms with Crippen molar-refractivity contribution in [3.05, 3.63) is 69.8 Å². The highest BCUT2D eigenvalue weighted by atomic mass is 16.6. The van der Waals surface area contributed by atoms with E-state index in [-0.39, 0.29) is 24.6 Å². The molecule has 2 aromatic carbocycles. The van der Waals surface area contributed by atoms with Gasteiger partial charge in [-0.15, -0.1) is 0 Å². The van der Waals surface area contributed by atoms with Crippen LogP contribution in [0.15, 0.2) is 48.5 Å². The van der Waals surface area contributed by atoms with Crippen molar-refractivity contribution in [1.82, 2.24) is 10.6 Å². The molecule has 0 spiro atoms. The van der Waals surface area contributed by atoms with E-state index in [1.165, 1.54) is 25.3 Å². The fourth-order valence-electron chi connectivity index (χ4n) is 3.28. The Labute approximate surface area is 202 Å². The van der Waals surface area contributed by atoms with Crippen molar-refractivity contribution in [2.75, 3.05) is 14.2 Å². The third kappa shape index (κ3) is 7.98. The summed E-state index contributed by atoms with van der Waals surface area (Å²) in [6, 6.07) is 10.8. The number of hydrogen-bond acceptors (Lipinski definition) is 8. The molecule has 0 saturated heterocycles. The van der Waals surface area contributed by atoms with Crippen LogP contribution in [0, 0.1) is 16.0 Å². The molecule has 11 nitrogen and oxygen atoms in total. The smallest absolute Gasteiger partial charge is 0.408 e. The van der Waals surface area contributed by atoms with Crippen molar-refractivity contribution >= 4 is 23.7 Å². The Hall–Kier alpha value is -4.15. The molecule has 0 aliphatic carbocycles. The molecule has 2 aromatic rings. The number of alkyl carbamates (subject to hydrolysis) is 1. The van der Waals surface area contributed by atoms with Crippen LogP contribution in [0.3, 0.4) is 0 Å². The molecule has 2 rings (SSSR count). The molecule has 0 heterocycles. The molecule has 0 bridgehead atoms. The number of esters is 1. The molecule has 0 unspecified atom stereocenters. The number of non-ortho nitro benzene ring substituents is 1. The molecule has 0 aliphatic rings. The van der Waals surface area contributed by atoms with Crippen LogP contribution in [-0.4, -0.2) is 49.2 Å². The van der Waals surface area contributed by atoms with Crippen LogP contribution in [0.25, 0.3) is 0 Å². The van der Waals surface area contributed by atoms with E-state index < -0.39 is 35.0 Å². The summed E-state index contributed by atoms with van der Waals surface area (Å²) in [5.74, 6) is -1.44. The summed E-state index contributed by atoms with van der Waals surface area (Å²) in [6.07, 6.45) is -0.926. The van der Waals surface area contributed by atoms with Crippen molar-refractivity contribution in [3.63, 3.8) is 0 Å². The molecule has 0 saturated carbocycles. The lowest BCUT2D eigenvalue weighted by Crippen LogP contribution is -2.54. The number of ether oxygens (including phenoxy) is 3. The van der Waals surface area contributed by atoms with E-state index in [2.05, 4.69) is 10.6 Å². The summed E-state index contributed by atoms with van der Waals surface area (Å²) in [5, 5.41) is 16.3. The number of carbonyl (C=O) groups is 3. The lowest BCUT2D eigenvalue weighted by molar-refractivity contribution is -0.384. The van der Waals surface area contributed by atoms with Gasteiger partial charge in [-0.1, -0.05) is 44.2 Å². The van der Waals surface area contributed by atoms with Gasteiger partial charge in [-0.05, 0) is 17.5 Å². The number of carbonyl (C=O) groups excluding carboxylic acids is 3. The topological polar surface area (TPSA) is 146 Å². The summed E-state index contributed by atoms with van der Waals surface area (Å²) in [5.41, 5.74) is 0.914. The van der Waals surface area contributed by atoms with Crippen molar-refractivity contribution in [1.29, 1.82) is 0 Å². The quantitative estimate of drug-likeness (QED) is 0.279. The molecular weight excluding hydrogens is 458 g/mol. The average molecular weight is 488 g/mol. The summed E-state index contributed by atoms with van der Waals surface area (Å²) in [6.45, 7) is 3.47. The largest absolute Gasteiger partial charge is 0.496 e. The summed E-state index contributed by atoms with van der Waals surface area (Å²) in [4.78, 5) is 48.3. The van der Waals surface area contributed by atoms with Gasteiger partial charge in [-0.2, -0.15) is 0 Å². The number of benzene rings is 2. The monoisotopic (exact) mass is 487 g/mol. The second kappa shape index (κ2) is 12.9. The molecule has 2 N–H and O–H groups in total. The summed E-state index contributed by atoms with van der Waals surface area (Å²) in [7, 11) is 2.54. The van der Waals surface area contributed by atoms with E-state index in [4.69, 9.17) is 14.2 Å². The van der Waals surface area contributed by atoms with Gasteiger partial charge in [0.2, 0.25) is 5.91 Å². The number of amides is 2. The number of nitrogens with one attached hydrogen (secondary N) is 2. The van der Waals surface area contributed by atoms with Crippen LogP contribution in [0.5, 0.6) is 5.75 Å². The molecule has 2 amide bonds. The van der Waals surface area contributed by atoms with Crippen molar-refractivity contribution in [3.8, 4) is 5.75 Å². The van der Waals surface area contributed by atoms with Gasteiger partial charge in [0.25, 0.3) is 5.69 Å². The highest BCUT2D eigenvalue weighted by Gasteiger charge is 2.30. The third-order valence-electron chi connectivity index (χ3n) is 5.14. The molecule has 2 atom stereocenters. The zero-order valence-corrected chi connectivity index (χ0v) is 20.0. The maximum atomic E-state index is 13.0. The van der Waals surface area contributed by atoms with Crippen LogP contribution >= 0.6 is 0 Å². The van der Waals surface area contributed by atoms with E-state index in [1.807, 2.05) is 18.2 Å². The van der Waals surface area contributed by atoms with Gasteiger partial charge in [0, 0.05) is 24.1 Å². The van der Waals surface area contributed by atoms with E-state index in [1.54, 1.807) is 26.0 Å². The first kappa shape index (κ1) is 27.1. The first-order valence-corrected chi connectivity index (χ1v) is 10.8. The van der Waals surface area contributed by atoms with Crippen molar-refractivity contribution in [2.24, 2.45) is 5.92 Å². The molecule has 0 aliphatic heterocycles. The number of nitrogens with zero attached hydrogens (tertiary/aromatic N) is 1. The number of rotatable bonds is 11. The van der Waals surface area contributed by atoms with E-state index in [9.17, 15) is 24.5 Å². The van der Waals surface area contributed by atoms with Gasteiger partial charge in [0.1, 0.15) is 24.4 Å². The Morgan fingerprint density at radius 1 is 1.03 bits per heavy atom. The van der Waals surface area contributed by atoms with Gasteiger partial charge >= 0.3 is 12.1 Å². The molecule has 35 heavy (non-hydrogen) atoms. The fourth-order valence-corrected chi connectivity index (χ4v) is 3.28. The van der Waals surface area contributed by atoms with Gasteiger partial charge < -0.3 is 24.8 Å². The van der Waals surface area contributed by atoms with Crippen LogP contribution in [-0.2, 0) is 32.1 Å². The summed E-state index contributed by atoms with van der Waals surface area (Å²) >= 11 is 0. The second-order valence-electron chi connectivity index (χ2n) is 7.97. The third-order valence-corrected chi connectivity index (χ3v) is 5.14. The SMILES string of the molecule is COC(=O)[C@H](Cc1cc([N+](=O)[O-])ccc1OC)NC(=O)[C@@H](NC(=O)OCc1ccccc1)C(C)C. The molecule has 188 valence electrons. The Bertz CT molecular complexity index is 1040. The standard InChI is InChI=1S/C24H29N3O8/c1-15(2)21(26-24(30)35-14-16-8-6-5-7-9-16)22(28)25-19(23(29)34-4)13-17-12-18(27(31)32)10-11-20(17)33-3/h5-12,15,19,21H,13-14H2,1-4H3,(H,25,28)(H,26,30)/t19-,21-/m0/s1. The maximum absolute atomic E-state index is 13.0. The van der Waals surface area contributed by atoms with Gasteiger partial charge in [-0.25, -0.2) is 9.59 Å². The number of nitro benzene ring substituents is 1. The van der Waals surface area contributed by atoms with Gasteiger partial charge in [-0.3, -0.25) is 14.9 Å². The number of hydrogen-bond donors (Lipinski definition) is 2. The van der Waals surface area contributed by atoms with Gasteiger partial charge in [0.15, 0.2) is 0 Å². The van der Waals surface area contributed by atoms with Gasteiger partial charge in [0.05, 0.1) is 19.1 Å². The molecule has 11 heteroatoms. The van der Waals surface area contributed by atoms with E-state index >= 15 is 0 Å². The number of methoxy groups -OCH3 is 2. The Kier molecular flexibility index (Phi) is 10.0. The highest BCUT2D eigenvalue weighted by Crippen LogP contribution is 2.25. The molecule has 0 aromatic heterocycles.